The summed E-state index contributed by atoms with van der Waals surface area (Å²) >= 11 is 0. The summed E-state index contributed by atoms with van der Waals surface area (Å²) in [6.45, 7) is 2.04. The van der Waals surface area contributed by atoms with Gasteiger partial charge in [0, 0.05) is 25.7 Å². The number of nitrogens with zero attached hydrogens (tertiary/aromatic N) is 3. The molecule has 1 saturated heterocycles. The highest BCUT2D eigenvalue weighted by molar-refractivity contribution is 5.96. The van der Waals surface area contributed by atoms with Gasteiger partial charge in [-0.3, -0.25) is 19.1 Å². The van der Waals surface area contributed by atoms with Crippen LogP contribution < -0.4 is 24.8 Å². The van der Waals surface area contributed by atoms with Crippen molar-refractivity contribution in [1.82, 2.24) is 25.3 Å². The van der Waals surface area contributed by atoms with E-state index < -0.39 is 30.2 Å². The zero-order valence-corrected chi connectivity index (χ0v) is 26.0. The molecule has 1 fully saturated rings. The third kappa shape index (κ3) is 6.74. The van der Waals surface area contributed by atoms with Crippen LogP contribution >= 0.6 is 0 Å². The Kier molecular flexibility index (Phi) is 8.79. The number of hydrogen-bond acceptors (Lipinski definition) is 7. The SMILES string of the molecule is COc1cc2ccc1O[C@H]1CN(C(=O)c3cc(C(F)F)nn3C)C[C@@H]1NC(=O)c1ccc(C)c(c1)-c1cccc(c1)OCC(=O)NC2. The Labute approximate surface area is 269 Å². The first-order chi connectivity index (χ1) is 22.6. The molecule has 3 amide bonds. The monoisotopic (exact) mass is 645 g/mol. The van der Waals surface area contributed by atoms with E-state index in [1.165, 1.54) is 19.1 Å². The number of benzene rings is 3. The Bertz CT molecular complexity index is 1840. The highest BCUT2D eigenvalue weighted by Gasteiger charge is 2.40. The standard InChI is InChI=1S/C34H33F2N5O6/c1-19-7-9-22-13-24(19)21-5-4-6-23(12-21)46-18-31(42)37-15-20-8-10-28(29(11-20)45-3)47-30-17-41(16-26(30)38-33(22)43)34(44)27-14-25(32(35)36)39-40(27)2/h4-14,26,30,32H,15-18H2,1-3H3,(H,37,42)(H,38,43)/t26-,30-/m0/s1. The van der Waals surface area contributed by atoms with Crippen LogP contribution in [0, 0.1) is 6.92 Å². The second kappa shape index (κ2) is 13.1. The second-order valence-electron chi connectivity index (χ2n) is 11.4. The number of aryl methyl sites for hydroxylation is 2. The normalized spacial score (nSPS) is 18.1. The third-order valence-electron chi connectivity index (χ3n) is 8.22. The number of amides is 3. The summed E-state index contributed by atoms with van der Waals surface area (Å²) in [5.41, 5.74) is 3.13. The van der Waals surface area contributed by atoms with Gasteiger partial charge in [0.1, 0.15) is 23.2 Å². The molecule has 47 heavy (non-hydrogen) atoms. The van der Waals surface area contributed by atoms with Gasteiger partial charge in [-0.05, 0) is 71.6 Å². The number of methoxy groups -OCH3 is 1. The lowest BCUT2D eigenvalue weighted by atomic mass is 9.97. The number of fused-ring (bicyclic) bond motifs is 7. The summed E-state index contributed by atoms with van der Waals surface area (Å²) in [6.07, 6.45) is -3.56. The molecule has 6 bridgehead atoms. The van der Waals surface area contributed by atoms with Crippen LogP contribution in [0.15, 0.2) is 66.7 Å². The predicted octanol–water partition coefficient (Wildman–Crippen LogP) is 4.05. The molecule has 0 unspecified atom stereocenters. The Morgan fingerprint density at radius 2 is 1.87 bits per heavy atom. The van der Waals surface area contributed by atoms with Crippen molar-refractivity contribution in [1.29, 1.82) is 0 Å². The fraction of sp³-hybridized carbons (Fsp3) is 0.294. The van der Waals surface area contributed by atoms with Crippen molar-refractivity contribution < 1.29 is 37.4 Å². The molecule has 0 radical (unpaired) electrons. The van der Waals surface area contributed by atoms with Crippen LogP contribution in [0.1, 0.15) is 44.1 Å². The highest BCUT2D eigenvalue weighted by atomic mass is 19.3. The number of alkyl halides is 2. The van der Waals surface area contributed by atoms with E-state index in [-0.39, 0.29) is 43.7 Å². The summed E-state index contributed by atoms with van der Waals surface area (Å²) in [4.78, 5) is 41.3. The molecule has 1 aromatic heterocycles. The van der Waals surface area contributed by atoms with Gasteiger partial charge in [0.25, 0.3) is 24.1 Å². The number of likely N-dealkylation sites (tertiary alicyclic amines) is 1. The van der Waals surface area contributed by atoms with Crippen molar-refractivity contribution in [2.24, 2.45) is 7.05 Å². The van der Waals surface area contributed by atoms with Crippen LogP contribution in [0.5, 0.6) is 17.2 Å². The summed E-state index contributed by atoms with van der Waals surface area (Å²) in [7, 11) is 2.90. The number of ether oxygens (including phenoxy) is 3. The zero-order valence-electron chi connectivity index (χ0n) is 26.0. The molecule has 11 nitrogen and oxygen atoms in total. The molecule has 3 aliphatic heterocycles. The van der Waals surface area contributed by atoms with Crippen LogP contribution in [-0.4, -0.2) is 71.4 Å². The minimum Gasteiger partial charge on any atom is -0.493 e. The molecule has 4 heterocycles. The number of carbonyl (C=O) groups excluding carboxylic acids is 3. The maximum Gasteiger partial charge on any atom is 0.282 e. The van der Waals surface area contributed by atoms with Crippen molar-refractivity contribution in [2.75, 3.05) is 26.8 Å². The van der Waals surface area contributed by atoms with Gasteiger partial charge >= 0.3 is 0 Å². The van der Waals surface area contributed by atoms with Crippen molar-refractivity contribution >= 4 is 17.7 Å². The number of hydrogen-bond donors (Lipinski definition) is 2. The largest absolute Gasteiger partial charge is 0.493 e. The predicted molar refractivity (Wildman–Crippen MR) is 167 cm³/mol. The maximum atomic E-state index is 13.7. The minimum atomic E-state index is -2.83. The van der Waals surface area contributed by atoms with E-state index in [0.29, 0.717) is 22.8 Å². The highest BCUT2D eigenvalue weighted by Crippen LogP contribution is 2.32. The van der Waals surface area contributed by atoms with Gasteiger partial charge in [0.2, 0.25) is 0 Å². The molecule has 0 saturated carbocycles. The van der Waals surface area contributed by atoms with Gasteiger partial charge in [0.15, 0.2) is 18.1 Å². The average molecular weight is 646 g/mol. The van der Waals surface area contributed by atoms with Gasteiger partial charge in [-0.2, -0.15) is 5.10 Å². The van der Waals surface area contributed by atoms with E-state index in [1.807, 2.05) is 25.1 Å². The summed E-state index contributed by atoms with van der Waals surface area (Å²) < 4.78 is 45.5. The number of nitrogens with one attached hydrogen (secondary N) is 2. The molecular weight excluding hydrogens is 612 g/mol. The lowest BCUT2D eigenvalue weighted by Gasteiger charge is -2.23. The van der Waals surface area contributed by atoms with E-state index >= 15 is 0 Å². The van der Waals surface area contributed by atoms with Crippen LogP contribution in [0.4, 0.5) is 8.78 Å². The van der Waals surface area contributed by atoms with E-state index in [9.17, 15) is 23.2 Å². The molecule has 0 spiro atoms. The van der Waals surface area contributed by atoms with Crippen molar-refractivity contribution in [3.05, 3.63) is 94.8 Å². The molecular formula is C34H33F2N5O6. The number of carbonyl (C=O) groups is 3. The lowest BCUT2D eigenvalue weighted by Crippen LogP contribution is -2.45. The fourth-order valence-electron chi connectivity index (χ4n) is 5.72. The molecule has 2 atom stereocenters. The summed E-state index contributed by atoms with van der Waals surface area (Å²) in [5.74, 6) is 0.00526. The van der Waals surface area contributed by atoms with E-state index in [0.717, 1.165) is 33.0 Å². The molecule has 3 aromatic carbocycles. The molecule has 3 aliphatic rings. The van der Waals surface area contributed by atoms with Gasteiger partial charge in [0.05, 0.1) is 19.7 Å². The minimum absolute atomic E-state index is 0.0123. The molecule has 13 heteroatoms. The Morgan fingerprint density at radius 1 is 1.04 bits per heavy atom. The Hall–Kier alpha value is -5.46. The van der Waals surface area contributed by atoms with Gasteiger partial charge in [-0.25, -0.2) is 8.78 Å². The van der Waals surface area contributed by atoms with Gasteiger partial charge in [-0.15, -0.1) is 0 Å². The fourth-order valence-corrected chi connectivity index (χ4v) is 5.72. The molecule has 2 N–H and O–H groups in total. The quantitative estimate of drug-likeness (QED) is 0.345. The molecule has 4 aromatic rings. The zero-order chi connectivity index (χ0) is 33.2. The van der Waals surface area contributed by atoms with Gasteiger partial charge < -0.3 is 29.7 Å². The Balaban J connectivity index is 1.36. The van der Waals surface area contributed by atoms with Crippen LogP contribution in [0.25, 0.3) is 11.1 Å². The number of halogens is 2. The second-order valence-corrected chi connectivity index (χ2v) is 11.4. The molecule has 244 valence electrons. The number of rotatable bonds is 3. The summed E-state index contributed by atoms with van der Waals surface area (Å²) in [6, 6.07) is 18.2. The first-order valence-electron chi connectivity index (χ1n) is 15.0. The van der Waals surface area contributed by atoms with E-state index in [4.69, 9.17) is 14.2 Å². The van der Waals surface area contributed by atoms with Crippen molar-refractivity contribution in [3.63, 3.8) is 0 Å². The van der Waals surface area contributed by atoms with Crippen LogP contribution in [0.2, 0.25) is 0 Å². The molecule has 7 rings (SSSR count). The lowest BCUT2D eigenvalue weighted by molar-refractivity contribution is -0.123. The first kappa shape index (κ1) is 31.5. The van der Waals surface area contributed by atoms with E-state index in [1.54, 1.807) is 42.5 Å². The average Bonchev–Trinajstić information content (AvgIpc) is 3.65. The smallest absolute Gasteiger partial charge is 0.282 e. The first-order valence-corrected chi connectivity index (χ1v) is 15.0. The molecule has 0 aliphatic carbocycles. The topological polar surface area (TPSA) is 124 Å². The third-order valence-corrected chi connectivity index (χ3v) is 8.22. The van der Waals surface area contributed by atoms with Crippen molar-refractivity contribution in [2.45, 2.75) is 32.0 Å². The van der Waals surface area contributed by atoms with E-state index in [2.05, 4.69) is 15.7 Å². The Morgan fingerprint density at radius 3 is 2.64 bits per heavy atom. The van der Waals surface area contributed by atoms with Crippen LogP contribution in [0.3, 0.4) is 0 Å². The van der Waals surface area contributed by atoms with Gasteiger partial charge in [-0.1, -0.05) is 24.3 Å². The van der Waals surface area contributed by atoms with Crippen molar-refractivity contribution in [3.8, 4) is 28.4 Å². The number of aromatic nitrogens is 2. The maximum absolute atomic E-state index is 13.7. The summed E-state index contributed by atoms with van der Waals surface area (Å²) in [5, 5.41) is 9.64. The van der Waals surface area contributed by atoms with Crippen LogP contribution in [-0.2, 0) is 18.4 Å².